The van der Waals surface area contributed by atoms with E-state index in [0.29, 0.717) is 6.54 Å². The number of benzene rings is 1. The predicted molar refractivity (Wildman–Crippen MR) is 98.7 cm³/mol. The molecule has 1 aliphatic heterocycles. The largest absolute Gasteiger partial charge is 0.326 e. The fourth-order valence-electron chi connectivity index (χ4n) is 2.77. The average Bonchev–Trinajstić information content (AvgIpc) is 2.58. The summed E-state index contributed by atoms with van der Waals surface area (Å²) in [7, 11) is 4.97. The molecule has 1 heterocycles. The maximum absolute atomic E-state index is 12.3. The highest BCUT2D eigenvalue weighted by Crippen LogP contribution is 2.24. The summed E-state index contributed by atoms with van der Waals surface area (Å²) in [6, 6.07) is 7.09. The fraction of sp³-hybridized carbons (Fsp3) is 0.471. The maximum atomic E-state index is 12.3. The van der Waals surface area contributed by atoms with Crippen molar-refractivity contribution in [1.29, 1.82) is 0 Å². The first kappa shape index (κ1) is 19.3. The van der Waals surface area contributed by atoms with E-state index in [2.05, 4.69) is 5.32 Å². The minimum atomic E-state index is -0.312. The number of carbonyl (C=O) groups excluding carboxylic acids is 3. The number of imide groups is 1. The molecule has 1 saturated heterocycles. The molecule has 0 aliphatic carbocycles. The summed E-state index contributed by atoms with van der Waals surface area (Å²) in [6.07, 6.45) is 2.22. The molecule has 25 heavy (non-hydrogen) atoms. The van der Waals surface area contributed by atoms with Crippen molar-refractivity contribution >= 4 is 35.3 Å². The summed E-state index contributed by atoms with van der Waals surface area (Å²) in [5.74, 6) is -0.322. The zero-order valence-corrected chi connectivity index (χ0v) is 15.8. The molecule has 7 nitrogen and oxygen atoms in total. The lowest BCUT2D eigenvalue weighted by Crippen LogP contribution is -2.56. The van der Waals surface area contributed by atoms with Gasteiger partial charge in [0.1, 0.15) is 0 Å². The number of rotatable bonds is 6. The van der Waals surface area contributed by atoms with Crippen LogP contribution in [0.4, 0.5) is 10.5 Å². The first-order valence-corrected chi connectivity index (χ1v) is 9.20. The van der Waals surface area contributed by atoms with Crippen LogP contribution >= 0.6 is 11.8 Å². The molecule has 2 rings (SSSR count). The van der Waals surface area contributed by atoms with Crippen molar-refractivity contribution in [3.63, 3.8) is 0 Å². The molecular weight excluding hydrogens is 340 g/mol. The van der Waals surface area contributed by atoms with E-state index in [4.69, 9.17) is 0 Å². The molecule has 1 atom stereocenters. The number of thioether (sulfide) groups is 1. The second-order valence-electron chi connectivity index (χ2n) is 6.15. The zero-order valence-electron chi connectivity index (χ0n) is 15.0. The second kappa shape index (κ2) is 8.35. The van der Waals surface area contributed by atoms with Gasteiger partial charge >= 0.3 is 6.03 Å². The number of para-hydroxylation sites is 1. The number of urea groups is 1. The van der Waals surface area contributed by atoms with Crippen molar-refractivity contribution in [3.8, 4) is 0 Å². The smallest absolute Gasteiger partial charge is 0.324 e. The Morgan fingerprint density at radius 3 is 2.68 bits per heavy atom. The van der Waals surface area contributed by atoms with Crippen molar-refractivity contribution in [2.75, 3.05) is 45.8 Å². The molecule has 1 unspecified atom stereocenters. The number of amides is 4. The van der Waals surface area contributed by atoms with E-state index in [-0.39, 0.29) is 36.9 Å². The van der Waals surface area contributed by atoms with E-state index < -0.39 is 0 Å². The fourth-order valence-corrected chi connectivity index (χ4v) is 3.32. The molecule has 0 spiro atoms. The van der Waals surface area contributed by atoms with Crippen molar-refractivity contribution in [2.45, 2.75) is 17.4 Å². The molecule has 0 aromatic heterocycles. The molecule has 1 aromatic rings. The topological polar surface area (TPSA) is 73.0 Å². The number of nitrogens with zero attached hydrogens (tertiary/aromatic N) is 3. The SMILES string of the molecule is CSc1ccccc1NC(=O)CN(C)CC1CC(=O)N(C)C(=O)N1C. The number of nitrogens with one attached hydrogen (secondary N) is 1. The molecule has 0 radical (unpaired) electrons. The number of carbonyl (C=O) groups is 3. The molecule has 1 N–H and O–H groups in total. The van der Waals surface area contributed by atoms with Gasteiger partial charge in [-0.3, -0.25) is 19.4 Å². The van der Waals surface area contributed by atoms with Crippen LogP contribution in [0.15, 0.2) is 29.2 Å². The van der Waals surface area contributed by atoms with Crippen LogP contribution in [-0.2, 0) is 9.59 Å². The lowest BCUT2D eigenvalue weighted by molar-refractivity contribution is -0.131. The second-order valence-corrected chi connectivity index (χ2v) is 7.00. The molecule has 136 valence electrons. The molecule has 1 aliphatic rings. The van der Waals surface area contributed by atoms with E-state index in [1.54, 1.807) is 30.8 Å². The molecule has 4 amide bonds. The Bertz CT molecular complexity index is 667. The van der Waals surface area contributed by atoms with Gasteiger partial charge in [-0.15, -0.1) is 11.8 Å². The molecule has 8 heteroatoms. The van der Waals surface area contributed by atoms with Crippen LogP contribution in [0.5, 0.6) is 0 Å². The summed E-state index contributed by atoms with van der Waals surface area (Å²) < 4.78 is 0. The summed E-state index contributed by atoms with van der Waals surface area (Å²) in [6.45, 7) is 0.644. The van der Waals surface area contributed by atoms with E-state index in [1.807, 2.05) is 35.4 Å². The first-order chi connectivity index (χ1) is 11.8. The molecule has 1 fully saturated rings. The Hall–Kier alpha value is -2.06. The maximum Gasteiger partial charge on any atom is 0.326 e. The van der Waals surface area contributed by atoms with Gasteiger partial charge in [-0.25, -0.2) is 4.79 Å². The number of hydrogen-bond acceptors (Lipinski definition) is 5. The highest BCUT2D eigenvalue weighted by Gasteiger charge is 2.34. The van der Waals surface area contributed by atoms with Crippen LogP contribution in [0.2, 0.25) is 0 Å². The lowest BCUT2D eigenvalue weighted by atomic mass is 10.1. The van der Waals surface area contributed by atoms with Gasteiger partial charge in [-0.05, 0) is 25.4 Å². The van der Waals surface area contributed by atoms with E-state index >= 15 is 0 Å². The minimum Gasteiger partial charge on any atom is -0.324 e. The van der Waals surface area contributed by atoms with Gasteiger partial charge in [-0.1, -0.05) is 12.1 Å². The van der Waals surface area contributed by atoms with Gasteiger partial charge in [-0.2, -0.15) is 0 Å². The van der Waals surface area contributed by atoms with Gasteiger partial charge in [0.2, 0.25) is 11.8 Å². The van der Waals surface area contributed by atoms with Gasteiger partial charge < -0.3 is 10.2 Å². The van der Waals surface area contributed by atoms with Gasteiger partial charge in [0.15, 0.2) is 0 Å². The quantitative estimate of drug-likeness (QED) is 0.776. The Morgan fingerprint density at radius 1 is 1.32 bits per heavy atom. The van der Waals surface area contributed by atoms with Crippen molar-refractivity contribution in [2.24, 2.45) is 0 Å². The van der Waals surface area contributed by atoms with E-state index in [9.17, 15) is 14.4 Å². The molecule has 0 saturated carbocycles. The minimum absolute atomic E-state index is 0.128. The Labute approximate surface area is 152 Å². The highest BCUT2D eigenvalue weighted by molar-refractivity contribution is 7.98. The van der Waals surface area contributed by atoms with Crippen LogP contribution in [0.1, 0.15) is 6.42 Å². The van der Waals surface area contributed by atoms with Crippen molar-refractivity contribution in [1.82, 2.24) is 14.7 Å². The molecular formula is C17H24N4O3S. The zero-order chi connectivity index (χ0) is 18.6. The number of hydrogen-bond donors (Lipinski definition) is 1. The summed E-state index contributed by atoms with van der Waals surface area (Å²) in [5, 5.41) is 2.91. The lowest BCUT2D eigenvalue weighted by Gasteiger charge is -2.38. The Morgan fingerprint density at radius 2 is 2.00 bits per heavy atom. The monoisotopic (exact) mass is 364 g/mol. The standard InChI is InChI=1S/C17H24N4O3S/c1-19(10-12-9-16(23)21(3)17(24)20(12)2)11-15(22)18-13-7-5-6-8-14(13)25-4/h5-8,12H,9-11H2,1-4H3,(H,18,22). The first-order valence-electron chi connectivity index (χ1n) is 7.98. The Balaban J connectivity index is 1.91. The normalized spacial score (nSPS) is 18.0. The van der Waals surface area contributed by atoms with Crippen LogP contribution < -0.4 is 5.32 Å². The van der Waals surface area contributed by atoms with Crippen molar-refractivity contribution in [3.05, 3.63) is 24.3 Å². The third kappa shape index (κ3) is 4.73. The van der Waals surface area contributed by atoms with Gasteiger partial charge in [0.05, 0.1) is 18.3 Å². The molecule has 1 aromatic carbocycles. The molecule has 0 bridgehead atoms. The highest BCUT2D eigenvalue weighted by atomic mass is 32.2. The number of likely N-dealkylation sites (N-methyl/N-ethyl adjacent to an activating group) is 2. The summed E-state index contributed by atoms with van der Waals surface area (Å²) in [4.78, 5) is 41.6. The van der Waals surface area contributed by atoms with E-state index in [0.717, 1.165) is 15.5 Å². The third-order valence-electron chi connectivity index (χ3n) is 4.24. The summed E-state index contributed by atoms with van der Waals surface area (Å²) >= 11 is 1.57. The van der Waals surface area contributed by atoms with Crippen LogP contribution in [0.3, 0.4) is 0 Å². The predicted octanol–water partition coefficient (Wildman–Crippen LogP) is 1.56. The summed E-state index contributed by atoms with van der Waals surface area (Å²) in [5.41, 5.74) is 0.787. The van der Waals surface area contributed by atoms with Crippen LogP contribution in [0, 0.1) is 0 Å². The number of anilines is 1. The van der Waals surface area contributed by atoms with Crippen LogP contribution in [-0.4, -0.2) is 79.1 Å². The van der Waals surface area contributed by atoms with Crippen LogP contribution in [0.25, 0.3) is 0 Å². The average molecular weight is 364 g/mol. The van der Waals surface area contributed by atoms with Crippen molar-refractivity contribution < 1.29 is 14.4 Å². The Kier molecular flexibility index (Phi) is 6.44. The van der Waals surface area contributed by atoms with Gasteiger partial charge in [0, 0.05) is 32.0 Å². The van der Waals surface area contributed by atoms with E-state index in [1.165, 1.54) is 7.05 Å². The third-order valence-corrected chi connectivity index (χ3v) is 5.03. The van der Waals surface area contributed by atoms with Gasteiger partial charge in [0.25, 0.3) is 0 Å².